The van der Waals surface area contributed by atoms with Crippen molar-refractivity contribution in [3.05, 3.63) is 48.2 Å². The van der Waals surface area contributed by atoms with Crippen LogP contribution in [0.2, 0.25) is 0 Å². The molecule has 0 bridgehead atoms. The summed E-state index contributed by atoms with van der Waals surface area (Å²) >= 11 is 0. The van der Waals surface area contributed by atoms with Gasteiger partial charge in [-0.05, 0) is 30.5 Å². The molecule has 138 valence electrons. The third-order valence-corrected chi connectivity index (χ3v) is 5.00. The van der Waals surface area contributed by atoms with Gasteiger partial charge in [0.1, 0.15) is 11.6 Å². The van der Waals surface area contributed by atoms with E-state index in [2.05, 4.69) is 20.2 Å². The lowest BCUT2D eigenvalue weighted by Gasteiger charge is -2.41. The summed E-state index contributed by atoms with van der Waals surface area (Å²) in [5.74, 6) is 1.66. The zero-order chi connectivity index (χ0) is 17.6. The first-order chi connectivity index (χ1) is 12.9. The van der Waals surface area contributed by atoms with Crippen molar-refractivity contribution < 1.29 is 9.47 Å². The molecule has 1 N–H and O–H groups in total. The first-order valence-corrected chi connectivity index (χ1v) is 9.27. The van der Waals surface area contributed by atoms with Crippen molar-refractivity contribution in [2.75, 3.05) is 38.3 Å². The number of ether oxygens (including phenoxy) is 2. The minimum Gasteiger partial charge on any atom is -0.381 e. The fourth-order valence-electron chi connectivity index (χ4n) is 3.62. The zero-order valence-corrected chi connectivity index (χ0v) is 14.9. The van der Waals surface area contributed by atoms with Crippen LogP contribution in [0.25, 0.3) is 0 Å². The maximum absolute atomic E-state index is 5.75. The van der Waals surface area contributed by atoms with Gasteiger partial charge in [-0.25, -0.2) is 9.97 Å². The van der Waals surface area contributed by atoms with Crippen LogP contribution in [0.5, 0.6) is 0 Å². The highest BCUT2D eigenvalue weighted by Crippen LogP contribution is 2.28. The van der Waals surface area contributed by atoms with Crippen molar-refractivity contribution in [2.24, 2.45) is 0 Å². The molecule has 0 spiro atoms. The molecule has 4 rings (SSSR count). The van der Waals surface area contributed by atoms with Gasteiger partial charge < -0.3 is 14.8 Å². The first-order valence-electron chi connectivity index (χ1n) is 9.27. The van der Waals surface area contributed by atoms with Gasteiger partial charge in [0.2, 0.25) is 0 Å². The average molecular weight is 355 g/mol. The van der Waals surface area contributed by atoms with Crippen molar-refractivity contribution in [3.8, 4) is 0 Å². The van der Waals surface area contributed by atoms with Crippen LogP contribution in [0.4, 0.5) is 5.82 Å². The van der Waals surface area contributed by atoms with Crippen molar-refractivity contribution in [2.45, 2.75) is 31.5 Å². The molecule has 7 nitrogen and oxygen atoms in total. The summed E-state index contributed by atoms with van der Waals surface area (Å²) in [7, 11) is 0. The quantitative estimate of drug-likeness (QED) is 0.880. The molecule has 0 aliphatic carbocycles. The van der Waals surface area contributed by atoms with E-state index in [9.17, 15) is 0 Å². The molecule has 2 saturated heterocycles. The van der Waals surface area contributed by atoms with Gasteiger partial charge in [0.15, 0.2) is 0 Å². The topological polar surface area (TPSA) is 72.4 Å². The number of rotatable bonds is 5. The molecule has 0 unspecified atom stereocenters. The number of hydrogen-bond donors (Lipinski definition) is 1. The predicted octanol–water partition coefficient (Wildman–Crippen LogP) is 2.04. The van der Waals surface area contributed by atoms with Crippen LogP contribution in [0.1, 0.15) is 30.3 Å². The fraction of sp³-hybridized carbons (Fsp3) is 0.526. The Kier molecular flexibility index (Phi) is 5.68. The number of anilines is 1. The fourth-order valence-corrected chi connectivity index (χ4v) is 3.62. The van der Waals surface area contributed by atoms with Gasteiger partial charge in [0.05, 0.1) is 19.3 Å². The molecule has 2 aromatic heterocycles. The van der Waals surface area contributed by atoms with Gasteiger partial charge in [0.25, 0.3) is 0 Å². The molecule has 2 fully saturated rings. The summed E-state index contributed by atoms with van der Waals surface area (Å²) in [6, 6.07) is 6.51. The van der Waals surface area contributed by atoms with Crippen LogP contribution in [-0.4, -0.2) is 58.9 Å². The van der Waals surface area contributed by atoms with Gasteiger partial charge >= 0.3 is 0 Å². The van der Waals surface area contributed by atoms with Gasteiger partial charge in [0, 0.05) is 50.9 Å². The van der Waals surface area contributed by atoms with E-state index in [4.69, 9.17) is 14.5 Å². The molecule has 0 aromatic carbocycles. The molecular formula is C19H25N5O2. The van der Waals surface area contributed by atoms with E-state index in [1.165, 1.54) is 0 Å². The van der Waals surface area contributed by atoms with E-state index >= 15 is 0 Å². The Hall–Kier alpha value is -2.09. The monoisotopic (exact) mass is 355 g/mol. The Morgan fingerprint density at radius 2 is 2.04 bits per heavy atom. The molecule has 0 saturated carbocycles. The molecular weight excluding hydrogens is 330 g/mol. The van der Waals surface area contributed by atoms with Crippen LogP contribution in [0, 0.1) is 0 Å². The number of aromatic nitrogens is 3. The minimum absolute atomic E-state index is 0.104. The Bertz CT molecular complexity index is 693. The van der Waals surface area contributed by atoms with Crippen molar-refractivity contribution in [3.63, 3.8) is 0 Å². The number of morpholine rings is 1. The van der Waals surface area contributed by atoms with Crippen LogP contribution in [-0.2, 0) is 16.0 Å². The normalized spacial score (nSPS) is 22.2. The predicted molar refractivity (Wildman–Crippen MR) is 97.7 cm³/mol. The Morgan fingerprint density at radius 1 is 1.12 bits per heavy atom. The smallest absolute Gasteiger partial charge is 0.150 e. The lowest BCUT2D eigenvalue weighted by atomic mass is 10.0. The maximum atomic E-state index is 5.75. The zero-order valence-electron chi connectivity index (χ0n) is 14.9. The molecule has 4 heterocycles. The van der Waals surface area contributed by atoms with E-state index in [0.29, 0.717) is 19.2 Å². The average Bonchev–Trinajstić information content (AvgIpc) is 2.74. The maximum Gasteiger partial charge on any atom is 0.150 e. The highest BCUT2D eigenvalue weighted by molar-refractivity contribution is 5.34. The molecule has 1 atom stereocenters. The van der Waals surface area contributed by atoms with E-state index in [-0.39, 0.29) is 6.04 Å². The molecule has 7 heteroatoms. The van der Waals surface area contributed by atoms with Gasteiger partial charge in [-0.1, -0.05) is 6.07 Å². The summed E-state index contributed by atoms with van der Waals surface area (Å²) in [5.41, 5.74) is 1.12. The highest BCUT2D eigenvalue weighted by atomic mass is 16.5. The van der Waals surface area contributed by atoms with Crippen molar-refractivity contribution in [1.82, 2.24) is 19.9 Å². The van der Waals surface area contributed by atoms with E-state index in [0.717, 1.165) is 56.4 Å². The number of hydrogen-bond acceptors (Lipinski definition) is 7. The second-order valence-electron chi connectivity index (χ2n) is 6.69. The third-order valence-electron chi connectivity index (χ3n) is 5.00. The molecule has 2 aliphatic rings. The number of nitrogens with zero attached hydrogens (tertiary/aromatic N) is 4. The van der Waals surface area contributed by atoms with Crippen LogP contribution in [0.15, 0.2) is 36.8 Å². The Balaban J connectivity index is 1.46. The molecule has 0 amide bonds. The standard InChI is InChI=1S/C19H25N5O2/c1-2-15(12-20-6-1)13-22-18-3-7-21-19(23-18)17-14-26-11-8-24(17)16-4-9-25-10-5-16/h1-3,6-7,12,16-17H,4-5,8-11,13-14H2,(H,21,22,23)/t17-/m0/s1. The Labute approximate surface area is 153 Å². The molecule has 26 heavy (non-hydrogen) atoms. The van der Waals surface area contributed by atoms with Crippen molar-refractivity contribution in [1.29, 1.82) is 0 Å². The summed E-state index contributed by atoms with van der Waals surface area (Å²) in [6.07, 6.45) is 7.59. The lowest BCUT2D eigenvalue weighted by molar-refractivity contribution is -0.0591. The van der Waals surface area contributed by atoms with Crippen molar-refractivity contribution >= 4 is 5.82 Å². The first kappa shape index (κ1) is 17.3. The van der Waals surface area contributed by atoms with Gasteiger partial charge in [-0.2, -0.15) is 0 Å². The van der Waals surface area contributed by atoms with Gasteiger partial charge in [-0.15, -0.1) is 0 Å². The second-order valence-corrected chi connectivity index (χ2v) is 6.69. The van der Waals surface area contributed by atoms with Gasteiger partial charge in [-0.3, -0.25) is 9.88 Å². The third kappa shape index (κ3) is 4.17. The molecule has 0 radical (unpaired) electrons. The lowest BCUT2D eigenvalue weighted by Crippen LogP contribution is -2.48. The minimum atomic E-state index is 0.104. The SMILES string of the molecule is c1cncc(CNc2ccnc([C@@H]3COCCN3C3CCOCC3)n2)c1. The largest absolute Gasteiger partial charge is 0.381 e. The molecule has 2 aliphatic heterocycles. The second kappa shape index (κ2) is 8.53. The van der Waals surface area contributed by atoms with Crippen LogP contribution in [0.3, 0.4) is 0 Å². The van der Waals surface area contributed by atoms with E-state index < -0.39 is 0 Å². The van der Waals surface area contributed by atoms with Crippen LogP contribution < -0.4 is 5.32 Å². The summed E-state index contributed by atoms with van der Waals surface area (Å²) in [4.78, 5) is 16.0. The number of pyridine rings is 1. The summed E-state index contributed by atoms with van der Waals surface area (Å²) in [6.45, 7) is 4.70. The van der Waals surface area contributed by atoms with E-state index in [1.54, 1.807) is 6.20 Å². The summed E-state index contributed by atoms with van der Waals surface area (Å²) in [5, 5.41) is 3.36. The summed E-state index contributed by atoms with van der Waals surface area (Å²) < 4.78 is 11.3. The number of nitrogens with one attached hydrogen (secondary N) is 1. The highest BCUT2D eigenvalue weighted by Gasteiger charge is 2.33. The Morgan fingerprint density at radius 3 is 2.88 bits per heavy atom. The van der Waals surface area contributed by atoms with E-state index in [1.807, 2.05) is 30.6 Å². The van der Waals surface area contributed by atoms with Crippen LogP contribution >= 0.6 is 0 Å². The molecule has 2 aromatic rings.